The second-order valence-electron chi connectivity index (χ2n) is 11.9. The van der Waals surface area contributed by atoms with Gasteiger partial charge in [0.15, 0.2) is 0 Å². The summed E-state index contributed by atoms with van der Waals surface area (Å²) in [4.78, 5) is 0.161. The van der Waals surface area contributed by atoms with Crippen LogP contribution in [0.25, 0.3) is 0 Å². The molecule has 0 saturated heterocycles. The zero-order valence-corrected chi connectivity index (χ0v) is 28.1. The van der Waals surface area contributed by atoms with Crippen LogP contribution in [0, 0.1) is 12.8 Å². The van der Waals surface area contributed by atoms with Crippen molar-refractivity contribution in [2.24, 2.45) is 10.3 Å². The Morgan fingerprint density at radius 2 is 1.60 bits per heavy atom. The molecule has 0 unspecified atom stereocenters. The highest BCUT2D eigenvalue weighted by Crippen LogP contribution is 2.47. The molecule has 0 radical (unpaired) electrons. The highest BCUT2D eigenvalue weighted by Gasteiger charge is 2.46. The van der Waals surface area contributed by atoms with Gasteiger partial charge >= 0.3 is 0 Å². The highest BCUT2D eigenvalue weighted by atomic mass is 35.5. The standard InChI is InChI=1S/C34H43ClN2O4S2/c1-6-34(7-2,32(27-12-9-8-10-13-27)37-43(39,40)30-20-14-26(5)15-21-30)41-42(38)36-31(24-25(3)4)33(22-11-23-33)28-16-18-29(35)19-17-28/h8-10,12-21,25,32,37H,6-7,11,22-24H2,1-5H3/b36-31+/t32-,42-/m1/s1. The van der Waals surface area contributed by atoms with Gasteiger partial charge in [0.1, 0.15) is 5.60 Å². The Labute approximate surface area is 265 Å². The summed E-state index contributed by atoms with van der Waals surface area (Å²) in [5, 5.41) is 0.670. The molecule has 0 aliphatic heterocycles. The second-order valence-corrected chi connectivity index (χ2v) is 14.9. The lowest BCUT2D eigenvalue weighted by molar-refractivity contribution is 0.0410. The van der Waals surface area contributed by atoms with Gasteiger partial charge in [0.05, 0.1) is 10.9 Å². The first-order valence-electron chi connectivity index (χ1n) is 15.0. The zero-order chi connectivity index (χ0) is 31.3. The molecule has 0 spiro atoms. The van der Waals surface area contributed by atoms with Gasteiger partial charge in [-0.25, -0.2) is 17.3 Å². The molecule has 3 aromatic carbocycles. The number of hydrogen-bond donors (Lipinski definition) is 1. The molecule has 3 aromatic rings. The summed E-state index contributed by atoms with van der Waals surface area (Å²) in [5.74, 6) is 0.293. The Balaban J connectivity index is 1.74. The Bertz CT molecular complexity index is 1510. The van der Waals surface area contributed by atoms with Crippen LogP contribution in [0.15, 0.2) is 88.2 Å². The fourth-order valence-corrected chi connectivity index (χ4v) is 8.39. The molecule has 0 aromatic heterocycles. The minimum Gasteiger partial charge on any atom is -0.264 e. The molecule has 232 valence electrons. The van der Waals surface area contributed by atoms with Crippen molar-refractivity contribution in [1.82, 2.24) is 4.72 Å². The van der Waals surface area contributed by atoms with Crippen LogP contribution in [-0.2, 0) is 30.9 Å². The molecule has 43 heavy (non-hydrogen) atoms. The van der Waals surface area contributed by atoms with E-state index in [1.54, 1.807) is 24.3 Å². The van der Waals surface area contributed by atoms with Gasteiger partial charge in [-0.15, -0.1) is 0 Å². The molecule has 4 rings (SSSR count). The van der Waals surface area contributed by atoms with Crippen molar-refractivity contribution < 1.29 is 16.8 Å². The van der Waals surface area contributed by atoms with Crippen molar-refractivity contribution in [3.05, 3.63) is 101 Å². The monoisotopic (exact) mass is 642 g/mol. The van der Waals surface area contributed by atoms with Crippen molar-refractivity contribution in [2.45, 2.75) is 95.1 Å². The van der Waals surface area contributed by atoms with E-state index in [-0.39, 0.29) is 10.3 Å². The van der Waals surface area contributed by atoms with Crippen molar-refractivity contribution in [2.75, 3.05) is 0 Å². The summed E-state index contributed by atoms with van der Waals surface area (Å²) >= 11 is 4.13. The topological polar surface area (TPSA) is 84.8 Å². The first-order valence-corrected chi connectivity index (χ1v) is 17.9. The first kappa shape index (κ1) is 33.5. The summed E-state index contributed by atoms with van der Waals surface area (Å²) in [6, 6.07) is 23.1. The quantitative estimate of drug-likeness (QED) is 0.179. The maximum Gasteiger partial charge on any atom is 0.285 e. The fraction of sp³-hybridized carbons (Fsp3) is 0.441. The first-order chi connectivity index (χ1) is 20.4. The number of rotatable bonds is 14. The lowest BCUT2D eigenvalue weighted by atomic mass is 9.60. The molecule has 0 amide bonds. The maximum absolute atomic E-state index is 14.0. The Morgan fingerprint density at radius 1 is 1.00 bits per heavy atom. The number of sulfonamides is 1. The average molecular weight is 643 g/mol. The minimum absolute atomic E-state index is 0.161. The third kappa shape index (κ3) is 7.66. The number of halogens is 1. The van der Waals surface area contributed by atoms with Crippen LogP contribution in [-0.4, -0.2) is 23.9 Å². The van der Waals surface area contributed by atoms with Crippen molar-refractivity contribution >= 4 is 38.6 Å². The lowest BCUT2D eigenvalue weighted by Crippen LogP contribution is -2.48. The van der Waals surface area contributed by atoms with Crippen LogP contribution in [0.2, 0.25) is 5.02 Å². The van der Waals surface area contributed by atoms with E-state index in [1.165, 1.54) is 0 Å². The Morgan fingerprint density at radius 3 is 2.12 bits per heavy atom. The average Bonchev–Trinajstić information content (AvgIpc) is 2.95. The minimum atomic E-state index is -3.94. The number of benzene rings is 3. The van der Waals surface area contributed by atoms with E-state index in [4.69, 9.17) is 20.2 Å². The summed E-state index contributed by atoms with van der Waals surface area (Å²) in [7, 11) is -3.94. The lowest BCUT2D eigenvalue weighted by Gasteiger charge is -2.44. The maximum atomic E-state index is 14.0. The van der Waals surface area contributed by atoms with Crippen molar-refractivity contribution in [1.29, 1.82) is 0 Å². The smallest absolute Gasteiger partial charge is 0.264 e. The summed E-state index contributed by atoms with van der Waals surface area (Å²) in [5.41, 5.74) is 2.20. The molecule has 1 fully saturated rings. The second kappa shape index (κ2) is 14.2. The Kier molecular flexibility index (Phi) is 11.0. The Hall–Kier alpha value is -2.36. The molecule has 1 saturated carbocycles. The molecule has 1 aliphatic rings. The van der Waals surface area contributed by atoms with E-state index >= 15 is 0 Å². The van der Waals surface area contributed by atoms with Gasteiger partial charge in [0, 0.05) is 16.1 Å². The van der Waals surface area contributed by atoms with Gasteiger partial charge < -0.3 is 0 Å². The van der Waals surface area contributed by atoms with Crippen LogP contribution < -0.4 is 4.72 Å². The number of hydrogen-bond acceptors (Lipinski definition) is 4. The van der Waals surface area contributed by atoms with Gasteiger partial charge in [-0.2, -0.15) is 4.40 Å². The number of nitrogens with zero attached hydrogens (tertiary/aromatic N) is 1. The zero-order valence-electron chi connectivity index (χ0n) is 25.7. The predicted molar refractivity (Wildman–Crippen MR) is 177 cm³/mol. The summed E-state index contributed by atoms with van der Waals surface area (Å²) in [6.45, 7) is 10.0. The van der Waals surface area contributed by atoms with E-state index in [9.17, 15) is 12.6 Å². The van der Waals surface area contributed by atoms with Gasteiger partial charge in [-0.05, 0) is 80.3 Å². The molecular weight excluding hydrogens is 600 g/mol. The van der Waals surface area contributed by atoms with Crippen molar-refractivity contribution in [3.63, 3.8) is 0 Å². The normalized spacial score (nSPS) is 17.0. The molecule has 2 atom stereocenters. The molecule has 1 aliphatic carbocycles. The largest absolute Gasteiger partial charge is 0.285 e. The molecule has 0 bridgehead atoms. The molecule has 9 heteroatoms. The SMILES string of the molecule is CCC(CC)(O[S@@](=O)/N=C(\CC(C)C)C1(c2ccc(Cl)cc2)CCC1)[C@H](NS(=O)(=O)c1ccc(C)cc1)c1ccccc1. The van der Waals surface area contributed by atoms with Gasteiger partial charge in [0.2, 0.25) is 10.0 Å². The van der Waals surface area contributed by atoms with E-state index < -0.39 is 32.9 Å². The van der Waals surface area contributed by atoms with Crippen LogP contribution >= 0.6 is 11.6 Å². The van der Waals surface area contributed by atoms with Gasteiger partial charge in [-0.1, -0.05) is 106 Å². The third-order valence-electron chi connectivity index (χ3n) is 8.64. The summed E-state index contributed by atoms with van der Waals surface area (Å²) < 4.78 is 55.4. The van der Waals surface area contributed by atoms with Crippen LogP contribution in [0.1, 0.15) is 89.0 Å². The van der Waals surface area contributed by atoms with Crippen molar-refractivity contribution in [3.8, 4) is 0 Å². The molecular formula is C34H43ClN2O4S2. The summed E-state index contributed by atoms with van der Waals surface area (Å²) in [6.07, 6.45) is 4.36. The van der Waals surface area contributed by atoms with Crippen LogP contribution in [0.4, 0.5) is 0 Å². The third-order valence-corrected chi connectivity index (χ3v) is 11.2. The number of aryl methyl sites for hydroxylation is 1. The fourth-order valence-electron chi connectivity index (χ4n) is 5.89. The van der Waals surface area contributed by atoms with E-state index in [0.717, 1.165) is 41.7 Å². The number of nitrogens with one attached hydrogen (secondary N) is 1. The van der Waals surface area contributed by atoms with Crippen LogP contribution in [0.3, 0.4) is 0 Å². The molecule has 0 heterocycles. The van der Waals surface area contributed by atoms with E-state index in [0.29, 0.717) is 30.2 Å². The van der Waals surface area contributed by atoms with Gasteiger partial charge in [0.25, 0.3) is 11.3 Å². The van der Waals surface area contributed by atoms with E-state index in [1.807, 2.05) is 75.4 Å². The van der Waals surface area contributed by atoms with E-state index in [2.05, 4.69) is 18.6 Å². The highest BCUT2D eigenvalue weighted by molar-refractivity contribution is 7.89. The van der Waals surface area contributed by atoms with Crippen LogP contribution in [0.5, 0.6) is 0 Å². The molecule has 1 N–H and O–H groups in total. The van der Waals surface area contributed by atoms with Gasteiger partial charge in [-0.3, -0.25) is 4.18 Å². The predicted octanol–water partition coefficient (Wildman–Crippen LogP) is 8.43. The molecule has 6 nitrogen and oxygen atoms in total.